The summed E-state index contributed by atoms with van der Waals surface area (Å²) in [5, 5.41) is -0.139. The number of rotatable bonds is 0. The molecule has 0 nitrogen and oxygen atoms in total. The fourth-order valence-corrected chi connectivity index (χ4v) is 0.830. The first-order valence-corrected chi connectivity index (χ1v) is 2.90. The summed E-state index contributed by atoms with van der Waals surface area (Å²) in [5.74, 6) is -0.226. The number of alkyl halides is 1. The maximum absolute atomic E-state index is 12.1. The van der Waals surface area contributed by atoms with Crippen LogP contribution in [0.15, 0.2) is 24.1 Å². The first kappa shape index (κ1) is 5.83. The van der Waals surface area contributed by atoms with E-state index in [0.29, 0.717) is 0 Å². The van der Waals surface area contributed by atoms with Crippen molar-refractivity contribution in [3.05, 3.63) is 24.1 Å². The fraction of sp³-hybridized carbons (Fsp3) is 0.333. The van der Waals surface area contributed by atoms with Gasteiger partial charge >= 0.3 is 0 Å². The van der Waals surface area contributed by atoms with E-state index in [0.717, 1.165) is 6.42 Å². The lowest BCUT2D eigenvalue weighted by Crippen LogP contribution is -1.94. The third-order valence-electron chi connectivity index (χ3n) is 0.978. The van der Waals surface area contributed by atoms with E-state index in [-0.39, 0.29) is 11.2 Å². The van der Waals surface area contributed by atoms with Gasteiger partial charge in [0.2, 0.25) is 0 Å². The summed E-state index contributed by atoms with van der Waals surface area (Å²) in [5.41, 5.74) is 0. The second kappa shape index (κ2) is 2.31. The van der Waals surface area contributed by atoms with Crippen molar-refractivity contribution in [3.8, 4) is 0 Å². The molecule has 1 aliphatic rings. The summed E-state index contributed by atoms with van der Waals surface area (Å²) in [4.78, 5) is 0. The van der Waals surface area contributed by atoms with Gasteiger partial charge in [0.1, 0.15) is 5.83 Å². The van der Waals surface area contributed by atoms with Gasteiger partial charge in [-0.05, 0) is 18.6 Å². The van der Waals surface area contributed by atoms with E-state index in [9.17, 15) is 4.39 Å². The highest BCUT2D eigenvalue weighted by Gasteiger charge is 2.03. The molecule has 0 bridgehead atoms. The highest BCUT2D eigenvalue weighted by molar-refractivity contribution is 6.22. The summed E-state index contributed by atoms with van der Waals surface area (Å²) in [7, 11) is 0. The Morgan fingerprint density at radius 1 is 1.75 bits per heavy atom. The summed E-state index contributed by atoms with van der Waals surface area (Å²) in [6.07, 6.45) is 5.31. The van der Waals surface area contributed by atoms with Crippen molar-refractivity contribution in [3.63, 3.8) is 0 Å². The van der Waals surface area contributed by atoms with Crippen LogP contribution in [-0.4, -0.2) is 5.38 Å². The Morgan fingerprint density at radius 2 is 2.50 bits per heavy atom. The van der Waals surface area contributed by atoms with E-state index in [1.54, 1.807) is 6.08 Å². The standard InChI is InChI=1S/C6H6ClF/c7-5-2-1-3-6(8)4-5/h1,3-5H,2H2. The number of allylic oxidation sites excluding steroid dienone is 4. The van der Waals surface area contributed by atoms with Gasteiger partial charge in [-0.2, -0.15) is 0 Å². The maximum atomic E-state index is 12.1. The largest absolute Gasteiger partial charge is 0.207 e. The van der Waals surface area contributed by atoms with Gasteiger partial charge < -0.3 is 0 Å². The van der Waals surface area contributed by atoms with Crippen molar-refractivity contribution in [2.75, 3.05) is 0 Å². The molecule has 0 aliphatic heterocycles. The van der Waals surface area contributed by atoms with E-state index in [1.165, 1.54) is 12.2 Å². The molecule has 0 radical (unpaired) electrons. The molecule has 2 heteroatoms. The molecule has 0 spiro atoms. The van der Waals surface area contributed by atoms with Crippen molar-refractivity contribution < 1.29 is 4.39 Å². The van der Waals surface area contributed by atoms with Gasteiger partial charge in [-0.25, -0.2) is 4.39 Å². The van der Waals surface area contributed by atoms with Crippen molar-refractivity contribution in [2.45, 2.75) is 11.8 Å². The van der Waals surface area contributed by atoms with Gasteiger partial charge in [-0.1, -0.05) is 6.08 Å². The topological polar surface area (TPSA) is 0 Å². The van der Waals surface area contributed by atoms with Crippen molar-refractivity contribution >= 4 is 11.6 Å². The van der Waals surface area contributed by atoms with Crippen LogP contribution in [0.1, 0.15) is 6.42 Å². The average Bonchev–Trinajstić information content (AvgIpc) is 1.64. The van der Waals surface area contributed by atoms with Gasteiger partial charge in [0.05, 0.1) is 5.38 Å². The maximum Gasteiger partial charge on any atom is 0.120 e. The van der Waals surface area contributed by atoms with Crippen LogP contribution in [0, 0.1) is 0 Å². The average molecular weight is 133 g/mol. The lowest BCUT2D eigenvalue weighted by atomic mass is 10.2. The third-order valence-corrected chi connectivity index (χ3v) is 1.28. The number of halogens is 2. The summed E-state index contributed by atoms with van der Waals surface area (Å²) in [6.45, 7) is 0. The molecule has 8 heavy (non-hydrogen) atoms. The molecule has 1 rings (SSSR count). The van der Waals surface area contributed by atoms with E-state index in [2.05, 4.69) is 0 Å². The quantitative estimate of drug-likeness (QED) is 0.444. The van der Waals surface area contributed by atoms with Crippen LogP contribution in [0.5, 0.6) is 0 Å². The van der Waals surface area contributed by atoms with Crippen LogP contribution in [0.4, 0.5) is 4.39 Å². The number of hydrogen-bond donors (Lipinski definition) is 0. The minimum atomic E-state index is -0.226. The van der Waals surface area contributed by atoms with Crippen LogP contribution in [0.2, 0.25) is 0 Å². The SMILES string of the molecule is FC1=CC(Cl)CC=C1. The predicted octanol–water partition coefficient (Wildman–Crippen LogP) is 2.41. The molecular weight excluding hydrogens is 127 g/mol. The Hall–Kier alpha value is -0.300. The molecule has 0 heterocycles. The zero-order valence-electron chi connectivity index (χ0n) is 4.27. The van der Waals surface area contributed by atoms with Crippen molar-refractivity contribution in [1.82, 2.24) is 0 Å². The second-order valence-electron chi connectivity index (χ2n) is 1.71. The van der Waals surface area contributed by atoms with Gasteiger partial charge in [0.15, 0.2) is 0 Å². The van der Waals surface area contributed by atoms with Gasteiger partial charge in [-0.15, -0.1) is 11.6 Å². The van der Waals surface area contributed by atoms with Crippen molar-refractivity contribution in [1.29, 1.82) is 0 Å². The molecule has 1 unspecified atom stereocenters. The Bertz CT molecular complexity index is 137. The molecule has 0 fully saturated rings. The fourth-order valence-electron chi connectivity index (χ4n) is 0.607. The van der Waals surface area contributed by atoms with E-state index in [4.69, 9.17) is 11.6 Å². The Labute approximate surface area is 52.6 Å². The lowest BCUT2D eigenvalue weighted by Gasteiger charge is -2.02. The molecule has 0 aromatic heterocycles. The van der Waals surface area contributed by atoms with Crippen LogP contribution < -0.4 is 0 Å². The molecule has 0 aromatic rings. The van der Waals surface area contributed by atoms with Crippen LogP contribution in [0.3, 0.4) is 0 Å². The molecule has 0 amide bonds. The minimum Gasteiger partial charge on any atom is -0.207 e. The van der Waals surface area contributed by atoms with Gasteiger partial charge in [0.25, 0.3) is 0 Å². The lowest BCUT2D eigenvalue weighted by molar-refractivity contribution is 0.653. The van der Waals surface area contributed by atoms with Crippen LogP contribution in [-0.2, 0) is 0 Å². The Balaban J connectivity index is 2.63. The van der Waals surface area contributed by atoms with Crippen LogP contribution in [0.25, 0.3) is 0 Å². The highest BCUT2D eigenvalue weighted by Crippen LogP contribution is 2.15. The summed E-state index contributed by atoms with van der Waals surface area (Å²) in [6, 6.07) is 0. The Morgan fingerprint density at radius 3 is 2.88 bits per heavy atom. The minimum absolute atomic E-state index is 0.139. The zero-order valence-corrected chi connectivity index (χ0v) is 5.03. The molecule has 0 N–H and O–H groups in total. The highest BCUT2D eigenvalue weighted by atomic mass is 35.5. The molecule has 0 saturated carbocycles. The third kappa shape index (κ3) is 1.34. The molecule has 1 aliphatic carbocycles. The smallest absolute Gasteiger partial charge is 0.120 e. The molecule has 44 valence electrons. The monoisotopic (exact) mass is 132 g/mol. The van der Waals surface area contributed by atoms with E-state index in [1.807, 2.05) is 0 Å². The summed E-state index contributed by atoms with van der Waals surface area (Å²) < 4.78 is 12.1. The van der Waals surface area contributed by atoms with Gasteiger partial charge in [0, 0.05) is 0 Å². The molecule has 1 atom stereocenters. The zero-order chi connectivity index (χ0) is 5.98. The molecule has 0 saturated heterocycles. The van der Waals surface area contributed by atoms with Gasteiger partial charge in [-0.3, -0.25) is 0 Å². The molecule has 0 aromatic carbocycles. The number of hydrogen-bond acceptors (Lipinski definition) is 0. The van der Waals surface area contributed by atoms with E-state index < -0.39 is 0 Å². The second-order valence-corrected chi connectivity index (χ2v) is 2.27. The predicted molar refractivity (Wildman–Crippen MR) is 32.6 cm³/mol. The van der Waals surface area contributed by atoms with Crippen LogP contribution >= 0.6 is 11.6 Å². The molecular formula is C6H6ClF. The van der Waals surface area contributed by atoms with Crippen molar-refractivity contribution in [2.24, 2.45) is 0 Å². The normalized spacial score (nSPS) is 27.8. The first-order chi connectivity index (χ1) is 3.79. The van der Waals surface area contributed by atoms with E-state index >= 15 is 0 Å². The Kier molecular flexibility index (Phi) is 1.69. The summed E-state index contributed by atoms with van der Waals surface area (Å²) >= 11 is 5.54. The first-order valence-electron chi connectivity index (χ1n) is 2.47.